The van der Waals surface area contributed by atoms with E-state index in [1.807, 2.05) is 55.5 Å². The predicted molar refractivity (Wildman–Crippen MR) is 75.7 cm³/mol. The van der Waals surface area contributed by atoms with Crippen LogP contribution in [0, 0.1) is 18.3 Å². The molecule has 0 saturated heterocycles. The highest BCUT2D eigenvalue weighted by Crippen LogP contribution is 2.21. The van der Waals surface area contributed by atoms with E-state index in [0.717, 1.165) is 16.7 Å². The van der Waals surface area contributed by atoms with E-state index in [9.17, 15) is 0 Å². The van der Waals surface area contributed by atoms with Crippen molar-refractivity contribution >= 4 is 17.8 Å². The molecule has 0 heterocycles. The lowest BCUT2D eigenvalue weighted by Gasteiger charge is -2.05. The van der Waals surface area contributed by atoms with Crippen LogP contribution in [0.3, 0.4) is 0 Å². The quantitative estimate of drug-likeness (QED) is 0.637. The lowest BCUT2D eigenvalue weighted by atomic mass is 10.0. The summed E-state index contributed by atoms with van der Waals surface area (Å²) < 4.78 is 0. The van der Waals surface area contributed by atoms with Gasteiger partial charge in [-0.1, -0.05) is 48.6 Å². The third kappa shape index (κ3) is 2.41. The Morgan fingerprint density at radius 3 is 2.44 bits per heavy atom. The number of nitrogen functional groups attached to an aromatic ring is 1. The van der Waals surface area contributed by atoms with Crippen LogP contribution in [0.1, 0.15) is 22.3 Å². The minimum Gasteiger partial charge on any atom is -0.398 e. The number of nitriles is 1. The zero-order chi connectivity index (χ0) is 13.0. The third-order valence-electron chi connectivity index (χ3n) is 2.91. The monoisotopic (exact) mass is 234 g/mol. The number of hydrogen-bond acceptors (Lipinski definition) is 2. The van der Waals surface area contributed by atoms with Crippen LogP contribution in [0.4, 0.5) is 5.69 Å². The van der Waals surface area contributed by atoms with Crippen molar-refractivity contribution in [2.45, 2.75) is 6.92 Å². The van der Waals surface area contributed by atoms with Gasteiger partial charge < -0.3 is 5.73 Å². The molecule has 0 bridgehead atoms. The van der Waals surface area contributed by atoms with Crippen molar-refractivity contribution in [1.82, 2.24) is 0 Å². The molecule has 2 N–H and O–H groups in total. The first kappa shape index (κ1) is 11.9. The Hall–Kier alpha value is -2.53. The number of nitrogens with two attached hydrogens (primary N) is 1. The molecule has 0 fully saturated rings. The number of nitrogens with zero attached hydrogens (tertiary/aromatic N) is 1. The molecule has 0 aliphatic rings. The summed E-state index contributed by atoms with van der Waals surface area (Å²) >= 11 is 0. The summed E-state index contributed by atoms with van der Waals surface area (Å²) in [6, 6.07) is 15.9. The number of hydrogen-bond donors (Lipinski definition) is 1. The van der Waals surface area contributed by atoms with Crippen molar-refractivity contribution in [3.63, 3.8) is 0 Å². The Morgan fingerprint density at radius 1 is 1.06 bits per heavy atom. The average Bonchev–Trinajstić information content (AvgIpc) is 2.40. The smallest absolute Gasteiger partial charge is 0.102 e. The Balaban J connectivity index is 2.37. The highest BCUT2D eigenvalue weighted by atomic mass is 14.6. The van der Waals surface area contributed by atoms with E-state index >= 15 is 0 Å². The van der Waals surface area contributed by atoms with Crippen molar-refractivity contribution in [3.05, 3.63) is 64.7 Å². The largest absolute Gasteiger partial charge is 0.398 e. The van der Waals surface area contributed by atoms with Crippen molar-refractivity contribution in [2.75, 3.05) is 5.73 Å². The molecule has 0 aliphatic carbocycles. The van der Waals surface area contributed by atoms with Gasteiger partial charge in [-0.3, -0.25) is 0 Å². The number of rotatable bonds is 2. The van der Waals surface area contributed by atoms with Crippen LogP contribution >= 0.6 is 0 Å². The SMILES string of the molecule is Cc1c(C=Cc2ccccc2)ccc(N)c1C#N. The molecule has 0 saturated carbocycles. The summed E-state index contributed by atoms with van der Waals surface area (Å²) in [5.74, 6) is 0. The highest BCUT2D eigenvalue weighted by Gasteiger charge is 2.05. The fraction of sp³-hybridized carbons (Fsp3) is 0.0625. The van der Waals surface area contributed by atoms with Crippen LogP contribution < -0.4 is 5.73 Å². The topological polar surface area (TPSA) is 49.8 Å². The third-order valence-corrected chi connectivity index (χ3v) is 2.91. The van der Waals surface area contributed by atoms with Gasteiger partial charge in [0.1, 0.15) is 6.07 Å². The minimum atomic E-state index is 0.534. The van der Waals surface area contributed by atoms with Crippen LogP contribution in [-0.2, 0) is 0 Å². The maximum absolute atomic E-state index is 9.05. The van der Waals surface area contributed by atoms with Crippen molar-refractivity contribution in [3.8, 4) is 6.07 Å². The molecule has 0 unspecified atom stereocenters. The molecule has 0 spiro atoms. The van der Waals surface area contributed by atoms with Crippen LogP contribution in [0.25, 0.3) is 12.2 Å². The predicted octanol–water partition coefficient (Wildman–Crippen LogP) is 3.62. The van der Waals surface area contributed by atoms with E-state index in [1.165, 1.54) is 0 Å². The lowest BCUT2D eigenvalue weighted by molar-refractivity contribution is 1.38. The van der Waals surface area contributed by atoms with Gasteiger partial charge in [-0.2, -0.15) is 5.26 Å². The van der Waals surface area contributed by atoms with Gasteiger partial charge in [0.05, 0.1) is 5.56 Å². The van der Waals surface area contributed by atoms with Gasteiger partial charge in [-0.05, 0) is 29.7 Å². The summed E-state index contributed by atoms with van der Waals surface area (Å²) in [6.45, 7) is 1.92. The molecule has 2 aromatic carbocycles. The Bertz CT molecular complexity index is 620. The van der Waals surface area contributed by atoms with Crippen molar-refractivity contribution < 1.29 is 0 Å². The first-order valence-electron chi connectivity index (χ1n) is 5.74. The van der Waals surface area contributed by atoms with Gasteiger partial charge in [-0.25, -0.2) is 0 Å². The van der Waals surface area contributed by atoms with Gasteiger partial charge in [0.15, 0.2) is 0 Å². The molecule has 88 valence electrons. The fourth-order valence-electron chi connectivity index (χ4n) is 1.83. The van der Waals surface area contributed by atoms with Crippen LogP contribution in [0.15, 0.2) is 42.5 Å². The van der Waals surface area contributed by atoms with E-state index in [2.05, 4.69) is 6.07 Å². The molecular formula is C16H14N2. The first-order valence-corrected chi connectivity index (χ1v) is 5.74. The van der Waals surface area contributed by atoms with Crippen LogP contribution in [-0.4, -0.2) is 0 Å². The lowest BCUT2D eigenvalue weighted by Crippen LogP contribution is -1.95. The summed E-state index contributed by atoms with van der Waals surface area (Å²) in [7, 11) is 0. The minimum absolute atomic E-state index is 0.534. The van der Waals surface area contributed by atoms with E-state index in [-0.39, 0.29) is 0 Å². The van der Waals surface area contributed by atoms with Gasteiger partial charge in [0.25, 0.3) is 0 Å². The fourth-order valence-corrected chi connectivity index (χ4v) is 1.83. The van der Waals surface area contributed by atoms with E-state index < -0.39 is 0 Å². The molecule has 2 aromatic rings. The zero-order valence-corrected chi connectivity index (χ0v) is 10.2. The van der Waals surface area contributed by atoms with Gasteiger partial charge in [0, 0.05) is 5.69 Å². The summed E-state index contributed by atoms with van der Waals surface area (Å²) in [5, 5.41) is 9.05. The number of anilines is 1. The standard InChI is InChI=1S/C16H14N2/c1-12-14(9-10-16(18)15(12)11-17)8-7-13-5-3-2-4-6-13/h2-10H,18H2,1H3. The average molecular weight is 234 g/mol. The molecule has 0 aromatic heterocycles. The van der Waals surface area contributed by atoms with Crippen molar-refractivity contribution in [2.24, 2.45) is 0 Å². The molecule has 0 radical (unpaired) electrons. The first-order chi connectivity index (χ1) is 8.72. The van der Waals surface area contributed by atoms with Gasteiger partial charge in [0.2, 0.25) is 0 Å². The maximum Gasteiger partial charge on any atom is 0.102 e. The molecule has 0 aliphatic heterocycles. The van der Waals surface area contributed by atoms with Crippen LogP contribution in [0.2, 0.25) is 0 Å². The van der Waals surface area contributed by atoms with Gasteiger partial charge >= 0.3 is 0 Å². The molecule has 2 heteroatoms. The highest BCUT2D eigenvalue weighted by molar-refractivity contribution is 5.74. The Labute approximate surface area is 107 Å². The summed E-state index contributed by atoms with van der Waals surface area (Å²) in [5.41, 5.74) is 9.93. The van der Waals surface area contributed by atoms with Crippen molar-refractivity contribution in [1.29, 1.82) is 5.26 Å². The van der Waals surface area contributed by atoms with E-state index in [1.54, 1.807) is 6.07 Å². The molecule has 18 heavy (non-hydrogen) atoms. The normalized spacial score (nSPS) is 10.4. The number of benzene rings is 2. The maximum atomic E-state index is 9.05. The zero-order valence-electron chi connectivity index (χ0n) is 10.2. The summed E-state index contributed by atoms with van der Waals surface area (Å²) in [6.07, 6.45) is 4.03. The Morgan fingerprint density at radius 2 is 1.78 bits per heavy atom. The molecule has 2 nitrogen and oxygen atoms in total. The second-order valence-corrected chi connectivity index (χ2v) is 4.10. The van der Waals surface area contributed by atoms with E-state index in [4.69, 9.17) is 11.0 Å². The van der Waals surface area contributed by atoms with Crippen LogP contribution in [0.5, 0.6) is 0 Å². The molecule has 0 atom stereocenters. The molecule has 2 rings (SSSR count). The van der Waals surface area contributed by atoms with E-state index in [0.29, 0.717) is 11.3 Å². The molecule has 0 amide bonds. The second kappa shape index (κ2) is 5.20. The summed E-state index contributed by atoms with van der Waals surface area (Å²) in [4.78, 5) is 0. The molecular weight excluding hydrogens is 220 g/mol. The van der Waals surface area contributed by atoms with Gasteiger partial charge in [-0.15, -0.1) is 0 Å². The Kier molecular flexibility index (Phi) is 3.45. The second-order valence-electron chi connectivity index (χ2n) is 4.10.